The van der Waals surface area contributed by atoms with E-state index in [-0.39, 0.29) is 0 Å². The van der Waals surface area contributed by atoms with Gasteiger partial charge in [0.1, 0.15) is 0 Å². The summed E-state index contributed by atoms with van der Waals surface area (Å²) < 4.78 is 0. The molecule has 0 N–H and O–H groups in total. The van der Waals surface area contributed by atoms with Crippen LogP contribution >= 0.6 is 0 Å². The quantitative estimate of drug-likeness (QED) is 0.143. The van der Waals surface area contributed by atoms with Gasteiger partial charge >= 0.3 is 0 Å². The molecule has 0 amide bonds. The number of fused-ring (bicyclic) bond motifs is 4. The average Bonchev–Trinajstić information content (AvgIpc) is 3.38. The topological polar surface area (TPSA) is 64.5 Å². The van der Waals surface area contributed by atoms with E-state index in [1.807, 2.05) is 78.9 Å². The minimum absolute atomic E-state index is 0.606. The molecule has 0 fully saturated rings. The molecule has 5 heteroatoms. The molecule has 11 aromatic rings. The number of aromatic nitrogens is 5. The molecule has 2 aromatic heterocycles. The first-order chi connectivity index (χ1) is 32.1. The highest BCUT2D eigenvalue weighted by Gasteiger charge is 2.22. The Morgan fingerprint density at radius 2 is 0.846 bits per heavy atom. The third-order valence-electron chi connectivity index (χ3n) is 12.1. The van der Waals surface area contributed by atoms with Gasteiger partial charge in [0.15, 0.2) is 23.3 Å². The van der Waals surface area contributed by atoms with Crippen molar-refractivity contribution >= 4 is 50.5 Å². The van der Waals surface area contributed by atoms with Gasteiger partial charge in [-0.15, -0.1) is 0 Å². The van der Waals surface area contributed by atoms with Crippen LogP contribution in [0.25, 0.3) is 118 Å². The van der Waals surface area contributed by atoms with Crippen LogP contribution in [-0.4, -0.2) is 24.9 Å². The first-order valence-electron chi connectivity index (χ1n) is 21.8. The van der Waals surface area contributed by atoms with Gasteiger partial charge in [-0.1, -0.05) is 213 Å². The van der Waals surface area contributed by atoms with Crippen molar-refractivity contribution in [3.63, 3.8) is 0 Å². The molecule has 0 spiro atoms. The predicted octanol–water partition coefficient (Wildman–Crippen LogP) is 13.4. The van der Waals surface area contributed by atoms with E-state index < -0.39 is 0 Å². The Balaban J connectivity index is 1.10. The van der Waals surface area contributed by atoms with Gasteiger partial charge in [0.05, 0.1) is 11.4 Å². The van der Waals surface area contributed by atoms with E-state index in [1.54, 1.807) is 0 Å². The lowest BCUT2D eigenvalue weighted by atomic mass is 9.87. The van der Waals surface area contributed by atoms with Gasteiger partial charge in [-0.2, -0.15) is 0 Å². The van der Waals surface area contributed by atoms with Crippen molar-refractivity contribution in [1.29, 1.82) is 0 Å². The van der Waals surface area contributed by atoms with Crippen LogP contribution in [0.5, 0.6) is 0 Å². The number of rotatable bonds is 8. The molecule has 65 heavy (non-hydrogen) atoms. The first-order valence-corrected chi connectivity index (χ1v) is 21.8. The molecule has 0 bridgehead atoms. The van der Waals surface area contributed by atoms with Crippen LogP contribution in [0.2, 0.25) is 0 Å². The summed E-state index contributed by atoms with van der Waals surface area (Å²) in [6.07, 6.45) is 4.29. The molecule has 0 saturated carbocycles. The van der Waals surface area contributed by atoms with Crippen LogP contribution < -0.4 is 10.4 Å². The third-order valence-corrected chi connectivity index (χ3v) is 12.1. The van der Waals surface area contributed by atoms with E-state index in [0.717, 1.165) is 93.3 Å². The summed E-state index contributed by atoms with van der Waals surface area (Å²) in [4.78, 5) is 26.1. The molecule has 0 unspecified atom stereocenters. The SMILES string of the molecule is C=c1/c(=C\C(=C/C)c2cc(-c3ccccc3)nc(-c3ccc(-c4c(-c5nc(-c6ccccc6)nc(-c6ccccc6)n5)c5ccccc5c5ccccc45)cc3)n2)ccc2ccccc12. The molecular formula is C60H41N5. The maximum atomic E-state index is 5.28. The van der Waals surface area contributed by atoms with Crippen molar-refractivity contribution < 1.29 is 0 Å². The van der Waals surface area contributed by atoms with Crippen molar-refractivity contribution in [2.45, 2.75) is 6.92 Å². The molecule has 0 radical (unpaired) electrons. The molecule has 9 aromatic carbocycles. The molecule has 5 nitrogen and oxygen atoms in total. The smallest absolute Gasteiger partial charge is 0.165 e. The van der Waals surface area contributed by atoms with Crippen molar-refractivity contribution in [3.8, 4) is 67.9 Å². The van der Waals surface area contributed by atoms with Gasteiger partial charge in [0.25, 0.3) is 0 Å². The summed E-state index contributed by atoms with van der Waals surface area (Å²) in [5, 5.41) is 8.79. The van der Waals surface area contributed by atoms with E-state index in [1.165, 1.54) is 5.39 Å². The molecule has 0 aliphatic carbocycles. The molecule has 0 saturated heterocycles. The van der Waals surface area contributed by atoms with Crippen molar-refractivity contribution in [2.24, 2.45) is 0 Å². The summed E-state index contributed by atoms with van der Waals surface area (Å²) in [6.45, 7) is 6.54. The predicted molar refractivity (Wildman–Crippen MR) is 270 cm³/mol. The Hall–Kier alpha value is -8.67. The van der Waals surface area contributed by atoms with Gasteiger partial charge in [0.2, 0.25) is 0 Å². The fourth-order valence-corrected chi connectivity index (χ4v) is 8.82. The maximum absolute atomic E-state index is 5.28. The monoisotopic (exact) mass is 831 g/mol. The van der Waals surface area contributed by atoms with Gasteiger partial charge < -0.3 is 0 Å². The lowest BCUT2D eigenvalue weighted by molar-refractivity contribution is 1.08. The maximum Gasteiger partial charge on any atom is 0.165 e. The summed E-state index contributed by atoms with van der Waals surface area (Å²) in [5.74, 6) is 2.47. The van der Waals surface area contributed by atoms with Crippen LogP contribution in [-0.2, 0) is 0 Å². The second kappa shape index (κ2) is 16.9. The molecule has 2 heterocycles. The Bertz CT molecular complexity index is 3660. The summed E-state index contributed by atoms with van der Waals surface area (Å²) in [5.41, 5.74) is 9.42. The summed E-state index contributed by atoms with van der Waals surface area (Å²) in [6, 6.07) is 71.1. The van der Waals surface area contributed by atoms with Crippen LogP contribution in [0.4, 0.5) is 0 Å². The highest BCUT2D eigenvalue weighted by molar-refractivity contribution is 6.21. The highest BCUT2D eigenvalue weighted by Crippen LogP contribution is 2.44. The minimum Gasteiger partial charge on any atom is -0.228 e. The largest absolute Gasteiger partial charge is 0.228 e. The van der Waals surface area contributed by atoms with Crippen LogP contribution in [0.1, 0.15) is 12.6 Å². The van der Waals surface area contributed by atoms with Crippen molar-refractivity contribution in [1.82, 2.24) is 24.9 Å². The molecule has 11 rings (SSSR count). The number of allylic oxidation sites excluding steroid dienone is 2. The summed E-state index contributed by atoms with van der Waals surface area (Å²) >= 11 is 0. The molecule has 306 valence electrons. The highest BCUT2D eigenvalue weighted by atomic mass is 15.0. The summed E-state index contributed by atoms with van der Waals surface area (Å²) in [7, 11) is 0. The average molecular weight is 832 g/mol. The molecule has 0 aliphatic rings. The second-order valence-electron chi connectivity index (χ2n) is 16.0. The zero-order chi connectivity index (χ0) is 43.7. The number of benzene rings is 9. The van der Waals surface area contributed by atoms with E-state index in [9.17, 15) is 0 Å². The van der Waals surface area contributed by atoms with Gasteiger partial charge in [-0.3, -0.25) is 0 Å². The number of hydrogen-bond donors (Lipinski definition) is 0. The second-order valence-corrected chi connectivity index (χ2v) is 16.0. The third kappa shape index (κ3) is 7.45. The first kappa shape index (κ1) is 39.2. The van der Waals surface area contributed by atoms with Gasteiger partial charge in [-0.25, -0.2) is 24.9 Å². The fraction of sp³-hybridized carbons (Fsp3) is 0.0167. The van der Waals surface area contributed by atoms with Crippen LogP contribution in [0.15, 0.2) is 212 Å². The number of hydrogen-bond acceptors (Lipinski definition) is 5. The molecular weight excluding hydrogens is 791 g/mol. The Kier molecular flexibility index (Phi) is 10.2. The zero-order valence-electron chi connectivity index (χ0n) is 35.7. The normalized spacial score (nSPS) is 12.0. The van der Waals surface area contributed by atoms with E-state index in [2.05, 4.69) is 153 Å². The minimum atomic E-state index is 0.606. The van der Waals surface area contributed by atoms with E-state index in [0.29, 0.717) is 23.3 Å². The van der Waals surface area contributed by atoms with Gasteiger partial charge in [0, 0.05) is 33.4 Å². The Labute approximate surface area is 377 Å². The molecule has 0 aliphatic heterocycles. The van der Waals surface area contributed by atoms with Crippen LogP contribution in [0, 0.1) is 0 Å². The Morgan fingerprint density at radius 3 is 1.45 bits per heavy atom. The number of nitrogens with zero attached hydrogens (tertiary/aromatic N) is 5. The van der Waals surface area contributed by atoms with Gasteiger partial charge in [-0.05, 0) is 73.0 Å². The van der Waals surface area contributed by atoms with E-state index >= 15 is 0 Å². The van der Waals surface area contributed by atoms with E-state index in [4.69, 9.17) is 24.9 Å². The Morgan fingerprint density at radius 1 is 0.385 bits per heavy atom. The van der Waals surface area contributed by atoms with Crippen LogP contribution in [0.3, 0.4) is 0 Å². The van der Waals surface area contributed by atoms with Crippen molar-refractivity contribution in [3.05, 3.63) is 228 Å². The fourth-order valence-electron chi connectivity index (χ4n) is 8.82. The molecule has 0 atom stereocenters. The lowest BCUT2D eigenvalue weighted by Crippen LogP contribution is -2.23. The zero-order valence-corrected chi connectivity index (χ0v) is 35.7. The standard InChI is InChI=1S/C60H41N5/c1-3-40(37-47-36-31-41-19-13-14-26-48(41)39(47)2)53-38-54(42-20-7-4-8-21-42)62-57(61-53)46-34-32-43(33-35-46)55-51-29-17-15-27-49(51)50-28-16-18-30-52(50)56(55)60-64-58(44-22-9-5-10-23-44)63-59(65-60)45-24-11-6-12-25-45/h3-38H,2H2,1H3/b40-3+,47-37-. The lowest BCUT2D eigenvalue weighted by Gasteiger charge is -2.18. The van der Waals surface area contributed by atoms with Crippen molar-refractivity contribution in [2.75, 3.05) is 0 Å².